The fraction of sp³-hybridized carbons (Fsp3) is 0.300. The molecular weight excluding hydrogens is 344 g/mol. The van der Waals surface area contributed by atoms with Crippen molar-refractivity contribution in [3.8, 4) is 17.1 Å². The molecule has 3 rings (SSSR count). The average molecular weight is 369 g/mol. The normalized spacial score (nSPS) is 11.1. The Labute approximate surface area is 159 Å². The Hall–Kier alpha value is -2.44. The van der Waals surface area contributed by atoms with Crippen LogP contribution >= 0.6 is 12.2 Å². The van der Waals surface area contributed by atoms with Crippen LogP contribution in [-0.4, -0.2) is 39.4 Å². The molecule has 0 unspecified atom stereocenters. The molecule has 0 amide bonds. The number of hydrogen-bond acceptors (Lipinski definition) is 4. The third-order valence-electron chi connectivity index (χ3n) is 4.21. The summed E-state index contributed by atoms with van der Waals surface area (Å²) in [6.45, 7) is 4.10. The van der Waals surface area contributed by atoms with E-state index < -0.39 is 0 Å². The maximum absolute atomic E-state index is 5.75. The predicted octanol–water partition coefficient (Wildman–Crippen LogP) is 3.89. The summed E-state index contributed by atoms with van der Waals surface area (Å²) in [4.78, 5) is 2.14. The second-order valence-corrected chi connectivity index (χ2v) is 6.78. The number of likely N-dealkylation sites (N-methyl/N-ethyl adjacent to an activating group) is 1. The maximum Gasteiger partial charge on any atom is 0.199 e. The zero-order valence-electron chi connectivity index (χ0n) is 15.4. The van der Waals surface area contributed by atoms with Gasteiger partial charge in [0.2, 0.25) is 0 Å². The van der Waals surface area contributed by atoms with E-state index in [1.165, 1.54) is 5.56 Å². The Kier molecular flexibility index (Phi) is 5.85. The van der Waals surface area contributed by atoms with Gasteiger partial charge in [-0.25, -0.2) is 4.68 Å². The van der Waals surface area contributed by atoms with Crippen LogP contribution in [0.2, 0.25) is 0 Å². The average Bonchev–Trinajstić information content (AvgIpc) is 2.92. The van der Waals surface area contributed by atoms with Crippen molar-refractivity contribution in [1.29, 1.82) is 0 Å². The summed E-state index contributed by atoms with van der Waals surface area (Å²) in [5.41, 5.74) is 2.30. The van der Waals surface area contributed by atoms with E-state index >= 15 is 0 Å². The van der Waals surface area contributed by atoms with Crippen molar-refractivity contribution in [3.63, 3.8) is 0 Å². The fourth-order valence-corrected chi connectivity index (χ4v) is 2.85. The first-order chi connectivity index (χ1) is 12.5. The topological polar surface area (TPSA) is 35.2 Å². The summed E-state index contributed by atoms with van der Waals surface area (Å²) in [6, 6.07) is 18.2. The van der Waals surface area contributed by atoms with Crippen LogP contribution in [0.5, 0.6) is 5.75 Å². The number of aryl methyl sites for hydroxylation is 1. The molecule has 0 saturated heterocycles. The lowest BCUT2D eigenvalue weighted by atomic mass is 10.1. The van der Waals surface area contributed by atoms with Gasteiger partial charge in [-0.05, 0) is 38.3 Å². The SMILES string of the molecule is Cc1ccc(-c2nn(CN(C)CCOc3ccccc3)c(=S)n2C)cc1. The Morgan fingerprint density at radius 2 is 1.77 bits per heavy atom. The first-order valence-corrected chi connectivity index (χ1v) is 9.02. The molecule has 1 heterocycles. The number of aromatic nitrogens is 3. The summed E-state index contributed by atoms with van der Waals surface area (Å²) in [5.74, 6) is 1.76. The molecule has 0 bridgehead atoms. The van der Waals surface area contributed by atoms with Gasteiger partial charge in [-0.15, -0.1) is 0 Å². The van der Waals surface area contributed by atoms with Gasteiger partial charge in [0.25, 0.3) is 0 Å². The molecule has 0 atom stereocenters. The number of nitrogens with zero attached hydrogens (tertiary/aromatic N) is 4. The second kappa shape index (κ2) is 8.29. The third kappa shape index (κ3) is 4.39. The number of rotatable bonds is 7. The highest BCUT2D eigenvalue weighted by molar-refractivity contribution is 7.71. The summed E-state index contributed by atoms with van der Waals surface area (Å²) < 4.78 is 10.3. The number of para-hydroxylation sites is 1. The van der Waals surface area contributed by atoms with Crippen LogP contribution in [-0.2, 0) is 13.7 Å². The highest BCUT2D eigenvalue weighted by atomic mass is 32.1. The summed E-state index contributed by atoms with van der Waals surface area (Å²) in [7, 11) is 4.00. The quantitative estimate of drug-likeness (QED) is 0.593. The van der Waals surface area contributed by atoms with Crippen molar-refractivity contribution in [3.05, 3.63) is 64.9 Å². The first kappa shape index (κ1) is 18.4. The highest BCUT2D eigenvalue weighted by Gasteiger charge is 2.11. The van der Waals surface area contributed by atoms with Gasteiger partial charge >= 0.3 is 0 Å². The molecular formula is C20H24N4OS. The van der Waals surface area contributed by atoms with Crippen molar-refractivity contribution in [2.45, 2.75) is 13.6 Å². The lowest BCUT2D eigenvalue weighted by Crippen LogP contribution is -2.27. The van der Waals surface area contributed by atoms with Gasteiger partial charge in [0.15, 0.2) is 10.6 Å². The van der Waals surface area contributed by atoms with Crippen LogP contribution in [0, 0.1) is 11.7 Å². The molecule has 0 radical (unpaired) electrons. The van der Waals surface area contributed by atoms with Crippen LogP contribution in [0.4, 0.5) is 0 Å². The van der Waals surface area contributed by atoms with Crippen molar-refractivity contribution in [1.82, 2.24) is 19.2 Å². The van der Waals surface area contributed by atoms with Crippen LogP contribution in [0.15, 0.2) is 54.6 Å². The number of benzene rings is 2. The van der Waals surface area contributed by atoms with E-state index in [9.17, 15) is 0 Å². The van der Waals surface area contributed by atoms with Crippen molar-refractivity contribution in [2.75, 3.05) is 20.2 Å². The molecule has 0 fully saturated rings. The number of ether oxygens (including phenoxy) is 1. The van der Waals surface area contributed by atoms with Gasteiger partial charge in [-0.2, -0.15) is 5.10 Å². The zero-order chi connectivity index (χ0) is 18.5. The molecule has 0 saturated carbocycles. The molecule has 0 aliphatic carbocycles. The lowest BCUT2D eigenvalue weighted by Gasteiger charge is -2.16. The molecule has 5 nitrogen and oxygen atoms in total. The molecule has 0 aliphatic heterocycles. The van der Waals surface area contributed by atoms with Gasteiger partial charge in [0.1, 0.15) is 12.4 Å². The van der Waals surface area contributed by atoms with E-state index in [-0.39, 0.29) is 0 Å². The Morgan fingerprint density at radius 3 is 2.46 bits per heavy atom. The molecule has 3 aromatic rings. The van der Waals surface area contributed by atoms with Crippen LogP contribution in [0.3, 0.4) is 0 Å². The standard InChI is InChI=1S/C20H24N4OS/c1-16-9-11-17(12-10-16)19-21-24(20(26)23(19)3)15-22(2)13-14-25-18-7-5-4-6-8-18/h4-12H,13-15H2,1-3H3. The smallest absolute Gasteiger partial charge is 0.199 e. The molecule has 1 aromatic heterocycles. The van der Waals surface area contributed by atoms with Gasteiger partial charge in [-0.1, -0.05) is 48.0 Å². The van der Waals surface area contributed by atoms with E-state index in [4.69, 9.17) is 22.1 Å². The summed E-state index contributed by atoms with van der Waals surface area (Å²) >= 11 is 5.55. The fourth-order valence-electron chi connectivity index (χ4n) is 2.67. The van der Waals surface area contributed by atoms with Crippen molar-refractivity contribution < 1.29 is 4.74 Å². The molecule has 2 aromatic carbocycles. The molecule has 0 spiro atoms. The molecule has 0 aliphatic rings. The lowest BCUT2D eigenvalue weighted by molar-refractivity contribution is 0.198. The predicted molar refractivity (Wildman–Crippen MR) is 107 cm³/mol. The third-order valence-corrected chi connectivity index (χ3v) is 4.70. The van der Waals surface area contributed by atoms with Gasteiger partial charge in [-0.3, -0.25) is 4.90 Å². The van der Waals surface area contributed by atoms with E-state index in [2.05, 4.69) is 36.1 Å². The minimum absolute atomic E-state index is 0.617. The summed E-state index contributed by atoms with van der Waals surface area (Å²) in [5, 5.41) is 4.71. The minimum Gasteiger partial charge on any atom is -0.492 e. The van der Waals surface area contributed by atoms with Crippen LogP contribution < -0.4 is 4.74 Å². The minimum atomic E-state index is 0.617. The monoisotopic (exact) mass is 368 g/mol. The van der Waals surface area contributed by atoms with Crippen molar-refractivity contribution in [2.24, 2.45) is 7.05 Å². The maximum atomic E-state index is 5.75. The molecule has 26 heavy (non-hydrogen) atoms. The second-order valence-electron chi connectivity index (χ2n) is 6.41. The van der Waals surface area contributed by atoms with Gasteiger partial charge in [0.05, 0.1) is 6.67 Å². The first-order valence-electron chi connectivity index (χ1n) is 8.62. The largest absolute Gasteiger partial charge is 0.492 e. The van der Waals surface area contributed by atoms with Gasteiger partial charge in [0, 0.05) is 19.2 Å². The number of hydrogen-bond donors (Lipinski definition) is 0. The molecule has 0 N–H and O–H groups in total. The van der Waals surface area contributed by atoms with Crippen LogP contribution in [0.1, 0.15) is 5.56 Å². The molecule has 136 valence electrons. The summed E-state index contributed by atoms with van der Waals surface area (Å²) in [6.07, 6.45) is 0. The molecule has 6 heteroatoms. The van der Waals surface area contributed by atoms with Crippen LogP contribution in [0.25, 0.3) is 11.4 Å². The Morgan fingerprint density at radius 1 is 1.08 bits per heavy atom. The van der Waals surface area contributed by atoms with E-state index in [1.807, 2.05) is 53.7 Å². The van der Waals surface area contributed by atoms with E-state index in [0.717, 1.165) is 23.7 Å². The van der Waals surface area contributed by atoms with Gasteiger partial charge < -0.3 is 9.30 Å². The zero-order valence-corrected chi connectivity index (χ0v) is 16.2. The van der Waals surface area contributed by atoms with Crippen molar-refractivity contribution >= 4 is 12.2 Å². The van der Waals surface area contributed by atoms with E-state index in [0.29, 0.717) is 18.0 Å². The Balaban J connectivity index is 1.63. The highest BCUT2D eigenvalue weighted by Crippen LogP contribution is 2.18. The van der Waals surface area contributed by atoms with E-state index in [1.54, 1.807) is 0 Å². The Bertz CT molecular complexity index is 900.